The summed E-state index contributed by atoms with van der Waals surface area (Å²) < 4.78 is 6.64. The smallest absolute Gasteiger partial charge is 0.293 e. The van der Waals surface area contributed by atoms with Gasteiger partial charge in [0.05, 0.1) is 11.7 Å². The molecule has 2 aliphatic heterocycles. The van der Waals surface area contributed by atoms with E-state index in [1.807, 2.05) is 43.9 Å². The van der Waals surface area contributed by atoms with Crippen LogP contribution >= 0.6 is 0 Å². The first-order valence-corrected chi connectivity index (χ1v) is 12.0. The molecule has 2 aliphatic rings. The molecule has 9 nitrogen and oxygen atoms in total. The summed E-state index contributed by atoms with van der Waals surface area (Å²) in [6.45, 7) is 11.5. The van der Waals surface area contributed by atoms with E-state index in [0.29, 0.717) is 24.8 Å². The van der Waals surface area contributed by atoms with E-state index >= 15 is 0 Å². The highest BCUT2D eigenvalue weighted by molar-refractivity contribution is 5.95. The number of aryl methyl sites for hydroxylation is 1. The van der Waals surface area contributed by atoms with Crippen molar-refractivity contribution in [2.45, 2.75) is 65.0 Å². The van der Waals surface area contributed by atoms with Gasteiger partial charge in [0, 0.05) is 30.1 Å². The second kappa shape index (κ2) is 11.5. The monoisotopic (exact) mass is 471 g/mol. The number of likely N-dealkylation sites (tertiary alicyclic amines) is 1. The molecular weight excluding hydrogens is 434 g/mol. The van der Waals surface area contributed by atoms with Crippen molar-refractivity contribution in [3.05, 3.63) is 23.9 Å². The molecule has 2 saturated heterocycles. The van der Waals surface area contributed by atoms with Crippen LogP contribution in [0, 0.1) is 12.8 Å². The maximum Gasteiger partial charge on any atom is 0.293 e. The van der Waals surface area contributed by atoms with E-state index in [9.17, 15) is 14.4 Å². The van der Waals surface area contributed by atoms with E-state index in [2.05, 4.69) is 27.0 Å². The second-order valence-electron chi connectivity index (χ2n) is 9.90. The van der Waals surface area contributed by atoms with Crippen LogP contribution in [0.1, 0.15) is 58.2 Å². The molecule has 0 aliphatic carbocycles. The van der Waals surface area contributed by atoms with Gasteiger partial charge in [-0.1, -0.05) is 12.1 Å². The molecule has 186 valence electrons. The Bertz CT molecular complexity index is 983. The van der Waals surface area contributed by atoms with E-state index in [4.69, 9.17) is 5.10 Å². The molecule has 0 radical (unpaired) electrons. The van der Waals surface area contributed by atoms with Crippen LogP contribution in [-0.4, -0.2) is 65.2 Å². The number of nitrogens with one attached hydrogen (secondary N) is 2. The number of rotatable bonds is 5. The Hall–Kier alpha value is -2.94. The molecule has 9 heteroatoms. The van der Waals surface area contributed by atoms with Gasteiger partial charge in [-0.25, -0.2) is 0 Å². The summed E-state index contributed by atoms with van der Waals surface area (Å²) in [6.07, 6.45) is 4.43. The van der Waals surface area contributed by atoms with Gasteiger partial charge in [-0.3, -0.25) is 19.1 Å². The van der Waals surface area contributed by atoms with Gasteiger partial charge < -0.3 is 20.3 Å². The first-order chi connectivity index (χ1) is 16.2. The number of piperidine rings is 2. The summed E-state index contributed by atoms with van der Waals surface area (Å²) in [7, 11) is 0. The van der Waals surface area contributed by atoms with E-state index in [1.165, 1.54) is 0 Å². The van der Waals surface area contributed by atoms with E-state index in [0.717, 1.165) is 74.1 Å². The predicted octanol–water partition coefficient (Wildman–Crippen LogP) is 3.03. The lowest BCUT2D eigenvalue weighted by molar-refractivity contribution is -0.139. The van der Waals surface area contributed by atoms with Crippen molar-refractivity contribution in [2.75, 3.05) is 31.5 Å². The van der Waals surface area contributed by atoms with E-state index in [1.54, 1.807) is 0 Å². The van der Waals surface area contributed by atoms with Crippen molar-refractivity contribution in [1.29, 1.82) is 0 Å². The van der Waals surface area contributed by atoms with E-state index in [-0.39, 0.29) is 11.5 Å². The molecular formula is C25H37N5O4. The molecule has 0 saturated carbocycles. The first kappa shape index (κ1) is 25.7. The Morgan fingerprint density at radius 1 is 1.15 bits per heavy atom. The maximum atomic E-state index is 12.8. The number of benzene rings is 1. The molecule has 1 aromatic heterocycles. The Morgan fingerprint density at radius 2 is 1.82 bits per heavy atom. The van der Waals surface area contributed by atoms with Gasteiger partial charge in [0.1, 0.15) is 11.1 Å². The maximum absolute atomic E-state index is 12.8. The van der Waals surface area contributed by atoms with Crippen molar-refractivity contribution >= 4 is 35.4 Å². The topological polar surface area (TPSA) is 106 Å². The zero-order valence-electron chi connectivity index (χ0n) is 20.7. The van der Waals surface area contributed by atoms with Gasteiger partial charge in [0.2, 0.25) is 12.3 Å². The first-order valence-electron chi connectivity index (χ1n) is 12.0. The summed E-state index contributed by atoms with van der Waals surface area (Å²) >= 11 is 0. The number of nitrogens with zero attached hydrogens (tertiary/aromatic N) is 3. The SMILES string of the molecule is CC(C)(C)OC=O.Cc1c2cccc(NC=O)c2nn1C1CCN(C(=O)C2CCNCC2)CC1. The lowest BCUT2D eigenvalue weighted by Gasteiger charge is -2.35. The molecule has 3 heterocycles. The summed E-state index contributed by atoms with van der Waals surface area (Å²) in [6, 6.07) is 6.14. The van der Waals surface area contributed by atoms with Crippen molar-refractivity contribution in [1.82, 2.24) is 20.0 Å². The molecule has 0 spiro atoms. The Labute approximate surface area is 201 Å². The number of anilines is 1. The summed E-state index contributed by atoms with van der Waals surface area (Å²) in [5.41, 5.74) is 2.36. The summed E-state index contributed by atoms with van der Waals surface area (Å²) in [5, 5.41) is 11.9. The number of hydrogen-bond acceptors (Lipinski definition) is 6. The Morgan fingerprint density at radius 3 is 2.38 bits per heavy atom. The number of carbonyl (C=O) groups excluding carboxylic acids is 3. The highest BCUT2D eigenvalue weighted by Gasteiger charge is 2.30. The molecule has 2 amide bonds. The average Bonchev–Trinajstić information content (AvgIpc) is 3.17. The third kappa shape index (κ3) is 6.34. The third-order valence-corrected chi connectivity index (χ3v) is 6.40. The van der Waals surface area contributed by atoms with Crippen molar-refractivity contribution in [3.8, 4) is 0 Å². The Kier molecular flexibility index (Phi) is 8.66. The summed E-state index contributed by atoms with van der Waals surface area (Å²) in [5.74, 6) is 0.517. The van der Waals surface area contributed by atoms with Gasteiger partial charge in [0.15, 0.2) is 0 Å². The van der Waals surface area contributed by atoms with Gasteiger partial charge in [-0.15, -0.1) is 0 Å². The van der Waals surface area contributed by atoms with Crippen molar-refractivity contribution in [3.63, 3.8) is 0 Å². The molecule has 0 bridgehead atoms. The largest absolute Gasteiger partial charge is 0.462 e. The normalized spacial score (nSPS) is 17.6. The average molecular weight is 472 g/mol. The zero-order valence-corrected chi connectivity index (χ0v) is 20.7. The number of aromatic nitrogens is 2. The predicted molar refractivity (Wildman–Crippen MR) is 132 cm³/mol. The Balaban J connectivity index is 0.000000406. The number of fused-ring (bicyclic) bond motifs is 1. The van der Waals surface area contributed by atoms with Crippen LogP contribution in [0.4, 0.5) is 5.69 Å². The number of ether oxygens (including phenoxy) is 1. The summed E-state index contributed by atoms with van der Waals surface area (Å²) in [4.78, 5) is 35.3. The van der Waals surface area contributed by atoms with Crippen LogP contribution in [0.15, 0.2) is 18.2 Å². The van der Waals surface area contributed by atoms with Crippen molar-refractivity contribution < 1.29 is 19.1 Å². The molecule has 0 unspecified atom stereocenters. The minimum absolute atomic E-state index is 0.189. The second-order valence-corrected chi connectivity index (χ2v) is 9.90. The van der Waals surface area contributed by atoms with Gasteiger partial charge >= 0.3 is 0 Å². The lowest BCUT2D eigenvalue weighted by atomic mass is 9.95. The quantitative estimate of drug-likeness (QED) is 0.650. The fourth-order valence-corrected chi connectivity index (χ4v) is 4.59. The molecule has 1 aromatic carbocycles. The van der Waals surface area contributed by atoms with Gasteiger partial charge in [-0.2, -0.15) is 5.10 Å². The molecule has 4 rings (SSSR count). The molecule has 0 atom stereocenters. The highest BCUT2D eigenvalue weighted by atomic mass is 16.5. The van der Waals surface area contributed by atoms with E-state index < -0.39 is 0 Å². The van der Waals surface area contributed by atoms with Crippen LogP contribution in [-0.2, 0) is 19.1 Å². The van der Waals surface area contributed by atoms with Crippen molar-refractivity contribution in [2.24, 2.45) is 5.92 Å². The molecule has 2 fully saturated rings. The van der Waals surface area contributed by atoms with Crippen LogP contribution in [0.2, 0.25) is 0 Å². The molecule has 34 heavy (non-hydrogen) atoms. The number of carbonyl (C=O) groups is 3. The zero-order chi connectivity index (χ0) is 24.7. The van der Waals surface area contributed by atoms with Crippen LogP contribution in [0.5, 0.6) is 0 Å². The standard InChI is InChI=1S/C20H27N5O2.C5H10O2/c1-14-17-3-2-4-18(22-13-26)19(17)23-25(14)16-7-11-24(12-8-16)20(27)15-5-9-21-10-6-15;1-5(2,3)7-4-6/h2-4,13,15-16,21H,5-12H2,1H3,(H,22,26);4H,1-3H3. The minimum Gasteiger partial charge on any atom is -0.462 e. The van der Waals surface area contributed by atoms with Gasteiger partial charge in [-0.05, 0) is 72.5 Å². The van der Waals surface area contributed by atoms with Crippen LogP contribution < -0.4 is 10.6 Å². The molecule has 2 N–H and O–H groups in total. The third-order valence-electron chi connectivity index (χ3n) is 6.40. The number of hydrogen-bond donors (Lipinski definition) is 2. The fourth-order valence-electron chi connectivity index (χ4n) is 4.59. The van der Waals surface area contributed by atoms with Crippen LogP contribution in [0.3, 0.4) is 0 Å². The van der Waals surface area contributed by atoms with Crippen LogP contribution in [0.25, 0.3) is 10.9 Å². The minimum atomic E-state index is -0.318. The fraction of sp³-hybridized carbons (Fsp3) is 0.600. The van der Waals surface area contributed by atoms with Gasteiger partial charge in [0.25, 0.3) is 6.47 Å². The highest BCUT2D eigenvalue weighted by Crippen LogP contribution is 2.31. The number of amides is 2. The molecule has 2 aromatic rings. The lowest BCUT2D eigenvalue weighted by Crippen LogP contribution is -2.45.